The Kier molecular flexibility index (Phi) is 4.59. The summed E-state index contributed by atoms with van der Waals surface area (Å²) in [5.41, 5.74) is 0.886. The lowest BCUT2D eigenvalue weighted by molar-refractivity contribution is -0.0442. The van der Waals surface area contributed by atoms with Gasteiger partial charge in [-0.05, 0) is 6.42 Å². The Morgan fingerprint density at radius 1 is 1.48 bits per heavy atom. The molecule has 2 aromatic heterocycles. The summed E-state index contributed by atoms with van der Waals surface area (Å²) in [6, 6.07) is 0. The molecule has 1 aliphatic heterocycles. The lowest BCUT2D eigenvalue weighted by atomic mass is 10.4. The number of nitrogens with one attached hydrogen (secondary N) is 1. The van der Waals surface area contributed by atoms with Crippen molar-refractivity contribution in [1.82, 2.24) is 15.3 Å². The van der Waals surface area contributed by atoms with Crippen LogP contribution in [0.4, 0.5) is 0 Å². The van der Waals surface area contributed by atoms with E-state index in [2.05, 4.69) is 22.2 Å². The second kappa shape index (κ2) is 6.61. The van der Waals surface area contributed by atoms with E-state index >= 15 is 0 Å². The average Bonchev–Trinajstić information content (AvgIpc) is 3.24. The highest BCUT2D eigenvalue weighted by Crippen LogP contribution is 2.27. The first-order valence-corrected chi connectivity index (χ1v) is 8.36. The summed E-state index contributed by atoms with van der Waals surface area (Å²) < 4.78 is 10.7. The van der Waals surface area contributed by atoms with E-state index in [0.29, 0.717) is 29.6 Å². The summed E-state index contributed by atoms with van der Waals surface area (Å²) in [5.74, 6) is -0.150. The summed E-state index contributed by atoms with van der Waals surface area (Å²) in [4.78, 5) is 21.2. The minimum absolute atomic E-state index is 0.150. The molecule has 0 spiro atoms. The van der Waals surface area contributed by atoms with Gasteiger partial charge in [0.2, 0.25) is 6.29 Å². The molecule has 112 valence electrons. The van der Waals surface area contributed by atoms with Crippen LogP contribution in [0.2, 0.25) is 0 Å². The van der Waals surface area contributed by atoms with Gasteiger partial charge in [-0.25, -0.2) is 9.97 Å². The van der Waals surface area contributed by atoms with Gasteiger partial charge >= 0.3 is 0 Å². The molecule has 3 rings (SSSR count). The Morgan fingerprint density at radius 2 is 2.29 bits per heavy atom. The van der Waals surface area contributed by atoms with E-state index in [1.165, 1.54) is 11.3 Å². The van der Waals surface area contributed by atoms with Crippen LogP contribution >= 0.6 is 22.7 Å². The quantitative estimate of drug-likeness (QED) is 0.912. The molecule has 0 saturated carbocycles. The third-order valence-corrected chi connectivity index (χ3v) is 4.96. The van der Waals surface area contributed by atoms with Crippen LogP contribution in [-0.4, -0.2) is 29.1 Å². The van der Waals surface area contributed by atoms with E-state index < -0.39 is 6.29 Å². The molecular weight excluding hydrogens is 310 g/mol. The van der Waals surface area contributed by atoms with Gasteiger partial charge in [-0.15, -0.1) is 22.7 Å². The molecule has 1 N–H and O–H groups in total. The zero-order valence-electron chi connectivity index (χ0n) is 11.5. The molecule has 1 saturated heterocycles. The number of rotatable bonds is 5. The van der Waals surface area contributed by atoms with Gasteiger partial charge in [0.05, 0.1) is 36.7 Å². The summed E-state index contributed by atoms with van der Waals surface area (Å²) in [6.45, 7) is 3.62. The van der Waals surface area contributed by atoms with Crippen molar-refractivity contribution in [3.05, 3.63) is 32.2 Å². The number of thiazole rings is 2. The van der Waals surface area contributed by atoms with Crippen molar-refractivity contribution in [1.29, 1.82) is 0 Å². The van der Waals surface area contributed by atoms with Gasteiger partial charge in [0.25, 0.3) is 5.91 Å². The number of hydrogen-bond donors (Lipinski definition) is 1. The van der Waals surface area contributed by atoms with Crippen LogP contribution in [0.5, 0.6) is 0 Å². The number of aromatic nitrogens is 2. The zero-order valence-corrected chi connectivity index (χ0v) is 13.1. The van der Waals surface area contributed by atoms with Crippen LogP contribution in [0.3, 0.4) is 0 Å². The van der Waals surface area contributed by atoms with E-state index in [-0.39, 0.29) is 5.91 Å². The van der Waals surface area contributed by atoms with Crippen LogP contribution in [0.1, 0.15) is 38.6 Å². The van der Waals surface area contributed by atoms with Crippen molar-refractivity contribution >= 4 is 28.6 Å². The largest absolute Gasteiger partial charge is 0.346 e. The van der Waals surface area contributed by atoms with Crippen molar-refractivity contribution in [3.63, 3.8) is 0 Å². The fourth-order valence-electron chi connectivity index (χ4n) is 1.85. The number of hydrogen-bond acceptors (Lipinski definition) is 7. The first-order valence-electron chi connectivity index (χ1n) is 6.66. The summed E-state index contributed by atoms with van der Waals surface area (Å²) >= 11 is 2.90. The normalized spacial score (nSPS) is 15.5. The molecular formula is C13H15N3O3S2. The Labute approximate surface area is 130 Å². The highest BCUT2D eigenvalue weighted by atomic mass is 32.1. The Balaban J connectivity index is 1.57. The SMILES string of the molecule is CCc1nc(CNC(=O)c2cnc(C3OCCO3)s2)cs1. The average molecular weight is 325 g/mol. The van der Waals surface area contributed by atoms with Crippen LogP contribution in [0, 0.1) is 0 Å². The predicted molar refractivity (Wildman–Crippen MR) is 79.4 cm³/mol. The molecule has 1 fully saturated rings. The van der Waals surface area contributed by atoms with Gasteiger partial charge < -0.3 is 14.8 Å². The molecule has 0 bridgehead atoms. The fourth-order valence-corrected chi connectivity index (χ4v) is 3.43. The highest BCUT2D eigenvalue weighted by molar-refractivity contribution is 7.13. The summed E-state index contributed by atoms with van der Waals surface area (Å²) in [6.07, 6.45) is 2.04. The molecule has 0 aliphatic carbocycles. The van der Waals surface area contributed by atoms with Gasteiger partial charge in [0.1, 0.15) is 9.88 Å². The van der Waals surface area contributed by atoms with Crippen molar-refractivity contribution < 1.29 is 14.3 Å². The van der Waals surface area contributed by atoms with Crippen LogP contribution < -0.4 is 5.32 Å². The van der Waals surface area contributed by atoms with E-state index in [4.69, 9.17) is 9.47 Å². The van der Waals surface area contributed by atoms with E-state index in [1.807, 2.05) is 5.38 Å². The van der Waals surface area contributed by atoms with Crippen LogP contribution in [0.25, 0.3) is 0 Å². The topological polar surface area (TPSA) is 73.3 Å². The third kappa shape index (κ3) is 3.46. The summed E-state index contributed by atoms with van der Waals surface area (Å²) in [7, 11) is 0. The van der Waals surface area contributed by atoms with Gasteiger partial charge in [-0.2, -0.15) is 0 Å². The minimum atomic E-state index is -0.429. The van der Waals surface area contributed by atoms with Gasteiger partial charge in [0.15, 0.2) is 0 Å². The maximum absolute atomic E-state index is 12.1. The summed E-state index contributed by atoms with van der Waals surface area (Å²) in [5, 5.41) is 6.58. The maximum atomic E-state index is 12.1. The van der Waals surface area contributed by atoms with Gasteiger partial charge in [-0.1, -0.05) is 6.92 Å². The third-order valence-electron chi connectivity index (χ3n) is 2.90. The van der Waals surface area contributed by atoms with Gasteiger partial charge in [-0.3, -0.25) is 4.79 Å². The van der Waals surface area contributed by atoms with E-state index in [9.17, 15) is 4.79 Å². The van der Waals surface area contributed by atoms with Crippen LogP contribution in [0.15, 0.2) is 11.6 Å². The molecule has 0 radical (unpaired) electrons. The Bertz CT molecular complexity index is 620. The Morgan fingerprint density at radius 3 is 3.00 bits per heavy atom. The van der Waals surface area contributed by atoms with E-state index in [1.54, 1.807) is 17.5 Å². The highest BCUT2D eigenvalue weighted by Gasteiger charge is 2.23. The fraction of sp³-hybridized carbons (Fsp3) is 0.462. The van der Waals surface area contributed by atoms with Crippen molar-refractivity contribution in [3.8, 4) is 0 Å². The van der Waals surface area contributed by atoms with Gasteiger partial charge in [0, 0.05) is 5.38 Å². The number of aryl methyl sites for hydroxylation is 1. The number of carbonyl (C=O) groups excluding carboxylic acids is 1. The molecule has 6 nitrogen and oxygen atoms in total. The molecule has 0 atom stereocenters. The van der Waals surface area contributed by atoms with Crippen molar-refractivity contribution in [2.75, 3.05) is 13.2 Å². The standard InChI is InChI=1S/C13H15N3O3S2/c1-2-10-16-8(7-20-10)5-14-11(17)9-6-15-12(21-9)13-18-3-4-19-13/h6-7,13H,2-5H2,1H3,(H,14,17). The number of ether oxygens (including phenoxy) is 2. The second-order valence-electron chi connectivity index (χ2n) is 4.41. The molecule has 8 heteroatoms. The Hall–Kier alpha value is -1.35. The van der Waals surface area contributed by atoms with Crippen molar-refractivity contribution in [2.45, 2.75) is 26.2 Å². The molecule has 2 aromatic rings. The molecule has 0 unspecified atom stereocenters. The first kappa shape index (κ1) is 14.6. The predicted octanol–water partition coefficient (Wildman–Crippen LogP) is 2.14. The molecule has 1 amide bonds. The van der Waals surface area contributed by atoms with Crippen LogP contribution in [-0.2, 0) is 22.4 Å². The zero-order chi connectivity index (χ0) is 14.7. The lowest BCUT2D eigenvalue weighted by Gasteiger charge is -2.03. The molecule has 1 aliphatic rings. The van der Waals surface area contributed by atoms with E-state index in [0.717, 1.165) is 17.1 Å². The molecule has 21 heavy (non-hydrogen) atoms. The lowest BCUT2D eigenvalue weighted by Crippen LogP contribution is -2.22. The second-order valence-corrected chi connectivity index (χ2v) is 6.41. The number of nitrogens with zero attached hydrogens (tertiary/aromatic N) is 2. The number of amides is 1. The monoisotopic (exact) mass is 325 g/mol. The maximum Gasteiger partial charge on any atom is 0.263 e. The smallest absolute Gasteiger partial charge is 0.263 e. The minimum Gasteiger partial charge on any atom is -0.346 e. The molecule has 0 aromatic carbocycles. The first-order chi connectivity index (χ1) is 10.3. The molecule has 3 heterocycles. The van der Waals surface area contributed by atoms with Crippen molar-refractivity contribution in [2.24, 2.45) is 0 Å². The number of carbonyl (C=O) groups is 1.